The van der Waals surface area contributed by atoms with Gasteiger partial charge in [-0.3, -0.25) is 14.3 Å². The number of benzene rings is 1. The number of rotatable bonds is 8. The Morgan fingerprint density at radius 3 is 2.72 bits per heavy atom. The highest BCUT2D eigenvalue weighted by atomic mass is 35.5. The van der Waals surface area contributed by atoms with Gasteiger partial charge in [0.05, 0.1) is 29.1 Å². The number of methoxy groups -OCH3 is 1. The highest BCUT2D eigenvalue weighted by Crippen LogP contribution is 2.29. The predicted octanol–water partition coefficient (Wildman–Crippen LogP) is 4.41. The number of nitrogens with one attached hydrogen (secondary N) is 1. The summed E-state index contributed by atoms with van der Waals surface area (Å²) in [6.45, 7) is 2.83. The van der Waals surface area contributed by atoms with Crippen LogP contribution in [0.25, 0.3) is 11.4 Å². The van der Waals surface area contributed by atoms with Crippen LogP contribution in [0.4, 0.5) is 5.69 Å². The Morgan fingerprint density at radius 2 is 2.00 bits per heavy atom. The first-order valence-corrected chi connectivity index (χ1v) is 10.4. The number of nitrogens with zero attached hydrogens (tertiary/aromatic N) is 4. The van der Waals surface area contributed by atoms with Gasteiger partial charge in [0, 0.05) is 30.1 Å². The van der Waals surface area contributed by atoms with Crippen molar-refractivity contribution in [1.29, 1.82) is 0 Å². The zero-order valence-corrected chi connectivity index (χ0v) is 18.1. The lowest BCUT2D eigenvalue weighted by Gasteiger charge is -2.14. The SMILES string of the molecule is COCCn1c(SC(C)C(=O)Nc2cc(Cl)ccc2Cl)nnc1-c1ccncc1. The van der Waals surface area contributed by atoms with Crippen molar-refractivity contribution >= 4 is 46.6 Å². The van der Waals surface area contributed by atoms with E-state index < -0.39 is 5.25 Å². The summed E-state index contributed by atoms with van der Waals surface area (Å²) in [5, 5.41) is 12.5. The van der Waals surface area contributed by atoms with Crippen molar-refractivity contribution in [3.05, 3.63) is 52.8 Å². The molecule has 0 spiro atoms. The second-order valence-electron chi connectivity index (χ2n) is 6.06. The minimum atomic E-state index is -0.444. The van der Waals surface area contributed by atoms with Gasteiger partial charge < -0.3 is 10.1 Å². The van der Waals surface area contributed by atoms with E-state index in [-0.39, 0.29) is 5.91 Å². The van der Waals surface area contributed by atoms with E-state index in [0.717, 1.165) is 5.56 Å². The summed E-state index contributed by atoms with van der Waals surface area (Å²) in [5.74, 6) is 0.475. The normalized spacial score (nSPS) is 12.0. The van der Waals surface area contributed by atoms with E-state index in [1.165, 1.54) is 11.8 Å². The molecular formula is C19H19Cl2N5O2S. The fourth-order valence-corrected chi connectivity index (χ4v) is 3.73. The number of aromatic nitrogens is 4. The summed E-state index contributed by atoms with van der Waals surface area (Å²) in [4.78, 5) is 16.7. The minimum absolute atomic E-state index is 0.217. The summed E-state index contributed by atoms with van der Waals surface area (Å²) in [7, 11) is 1.63. The van der Waals surface area contributed by atoms with Crippen molar-refractivity contribution in [2.24, 2.45) is 0 Å². The fourth-order valence-electron chi connectivity index (χ4n) is 2.51. The molecule has 0 saturated carbocycles. The monoisotopic (exact) mass is 451 g/mol. The molecule has 0 aliphatic carbocycles. The Morgan fingerprint density at radius 1 is 1.24 bits per heavy atom. The van der Waals surface area contributed by atoms with Gasteiger partial charge in [0.15, 0.2) is 11.0 Å². The zero-order valence-electron chi connectivity index (χ0n) is 15.8. The van der Waals surface area contributed by atoms with Gasteiger partial charge in [-0.05, 0) is 37.3 Å². The Bertz CT molecular complexity index is 984. The van der Waals surface area contributed by atoms with E-state index in [1.807, 2.05) is 16.7 Å². The number of hydrogen-bond acceptors (Lipinski definition) is 6. The largest absolute Gasteiger partial charge is 0.383 e. The molecule has 2 heterocycles. The van der Waals surface area contributed by atoms with E-state index >= 15 is 0 Å². The minimum Gasteiger partial charge on any atom is -0.383 e. The maximum Gasteiger partial charge on any atom is 0.237 e. The predicted molar refractivity (Wildman–Crippen MR) is 116 cm³/mol. The van der Waals surface area contributed by atoms with E-state index in [0.29, 0.717) is 39.9 Å². The molecule has 1 aromatic carbocycles. The standard InChI is InChI=1S/C19H19Cl2N5O2S/c1-12(18(27)23-16-11-14(20)3-4-15(16)21)29-19-25-24-17(26(19)9-10-28-2)13-5-7-22-8-6-13/h3-8,11-12H,9-10H2,1-2H3,(H,23,27). The van der Waals surface area contributed by atoms with Crippen LogP contribution in [0.2, 0.25) is 10.0 Å². The molecule has 0 radical (unpaired) electrons. The van der Waals surface area contributed by atoms with E-state index in [9.17, 15) is 4.79 Å². The average molecular weight is 452 g/mol. The number of thioether (sulfide) groups is 1. The first-order chi connectivity index (χ1) is 14.0. The van der Waals surface area contributed by atoms with Crippen molar-refractivity contribution in [1.82, 2.24) is 19.7 Å². The average Bonchev–Trinajstić information content (AvgIpc) is 3.12. The third-order valence-electron chi connectivity index (χ3n) is 4.01. The van der Waals surface area contributed by atoms with Gasteiger partial charge in [-0.15, -0.1) is 10.2 Å². The van der Waals surface area contributed by atoms with E-state index in [1.54, 1.807) is 44.6 Å². The summed E-state index contributed by atoms with van der Waals surface area (Å²) in [5.41, 5.74) is 1.35. The Hall–Kier alpha value is -2.13. The van der Waals surface area contributed by atoms with Gasteiger partial charge in [-0.1, -0.05) is 35.0 Å². The first-order valence-electron chi connectivity index (χ1n) is 8.74. The quantitative estimate of drug-likeness (QED) is 0.510. The van der Waals surface area contributed by atoms with Gasteiger partial charge in [0.2, 0.25) is 5.91 Å². The molecule has 1 unspecified atom stereocenters. The second-order valence-corrected chi connectivity index (χ2v) is 8.21. The van der Waals surface area contributed by atoms with Crippen molar-refractivity contribution in [2.75, 3.05) is 19.0 Å². The van der Waals surface area contributed by atoms with Crippen LogP contribution in [-0.2, 0) is 16.1 Å². The van der Waals surface area contributed by atoms with Crippen LogP contribution in [0.5, 0.6) is 0 Å². The molecule has 1 atom stereocenters. The maximum atomic E-state index is 12.7. The number of carbonyl (C=O) groups is 1. The molecule has 1 amide bonds. The topological polar surface area (TPSA) is 81.9 Å². The number of halogens is 2. The highest BCUT2D eigenvalue weighted by Gasteiger charge is 2.21. The van der Waals surface area contributed by atoms with Crippen LogP contribution in [0.1, 0.15) is 6.92 Å². The van der Waals surface area contributed by atoms with Crippen LogP contribution < -0.4 is 5.32 Å². The molecule has 2 aromatic heterocycles. The van der Waals surface area contributed by atoms with Crippen LogP contribution in [0.3, 0.4) is 0 Å². The van der Waals surface area contributed by atoms with Crippen molar-refractivity contribution in [3.8, 4) is 11.4 Å². The van der Waals surface area contributed by atoms with E-state index in [4.69, 9.17) is 27.9 Å². The third-order valence-corrected chi connectivity index (χ3v) is 5.66. The van der Waals surface area contributed by atoms with Crippen LogP contribution >= 0.6 is 35.0 Å². The third kappa shape index (κ3) is 5.48. The maximum absolute atomic E-state index is 12.7. The van der Waals surface area contributed by atoms with Crippen LogP contribution in [0, 0.1) is 0 Å². The molecule has 0 aliphatic rings. The molecule has 152 valence electrons. The van der Waals surface area contributed by atoms with Gasteiger partial charge >= 0.3 is 0 Å². The van der Waals surface area contributed by atoms with Gasteiger partial charge in [0.1, 0.15) is 0 Å². The first kappa shape index (κ1) is 21.6. The smallest absolute Gasteiger partial charge is 0.237 e. The van der Waals surface area contributed by atoms with Crippen molar-refractivity contribution < 1.29 is 9.53 Å². The molecule has 3 aromatic rings. The molecule has 0 aliphatic heterocycles. The van der Waals surface area contributed by atoms with E-state index in [2.05, 4.69) is 20.5 Å². The Balaban J connectivity index is 1.78. The zero-order chi connectivity index (χ0) is 20.8. The molecule has 1 N–H and O–H groups in total. The Labute approximate surface area is 182 Å². The highest BCUT2D eigenvalue weighted by molar-refractivity contribution is 8.00. The molecule has 29 heavy (non-hydrogen) atoms. The molecular weight excluding hydrogens is 433 g/mol. The lowest BCUT2D eigenvalue weighted by molar-refractivity contribution is -0.115. The Kier molecular flexibility index (Phi) is 7.49. The van der Waals surface area contributed by atoms with Gasteiger partial charge in [-0.25, -0.2) is 0 Å². The van der Waals surface area contributed by atoms with Gasteiger partial charge in [0.25, 0.3) is 0 Å². The summed E-state index contributed by atoms with van der Waals surface area (Å²) >= 11 is 13.4. The summed E-state index contributed by atoms with van der Waals surface area (Å²) in [6, 6.07) is 8.64. The second kappa shape index (κ2) is 10.1. The summed E-state index contributed by atoms with van der Waals surface area (Å²) < 4.78 is 7.14. The molecule has 7 nitrogen and oxygen atoms in total. The number of hydrogen-bond donors (Lipinski definition) is 1. The lowest BCUT2D eigenvalue weighted by Crippen LogP contribution is -2.23. The van der Waals surface area contributed by atoms with Crippen LogP contribution in [-0.4, -0.2) is 44.6 Å². The van der Waals surface area contributed by atoms with Gasteiger partial charge in [-0.2, -0.15) is 0 Å². The number of anilines is 1. The molecule has 10 heteroatoms. The van der Waals surface area contributed by atoms with Crippen LogP contribution in [0.15, 0.2) is 47.9 Å². The number of ether oxygens (including phenoxy) is 1. The number of amides is 1. The molecule has 0 fully saturated rings. The number of pyridine rings is 1. The molecule has 0 bridgehead atoms. The molecule has 3 rings (SSSR count). The van der Waals surface area contributed by atoms with Crippen molar-refractivity contribution in [3.63, 3.8) is 0 Å². The summed E-state index contributed by atoms with van der Waals surface area (Å²) in [6.07, 6.45) is 3.39. The molecule has 0 saturated heterocycles. The number of carbonyl (C=O) groups excluding carboxylic acids is 1. The van der Waals surface area contributed by atoms with Crippen molar-refractivity contribution in [2.45, 2.75) is 23.9 Å². The lowest BCUT2D eigenvalue weighted by atomic mass is 10.2. The fraction of sp³-hybridized carbons (Fsp3) is 0.263.